The molecular formula is C11H10Cl2N2O4. The van der Waals surface area contributed by atoms with Crippen molar-refractivity contribution in [2.75, 3.05) is 13.1 Å². The molecule has 0 radical (unpaired) electrons. The highest BCUT2D eigenvalue weighted by molar-refractivity contribution is 6.42. The summed E-state index contributed by atoms with van der Waals surface area (Å²) in [6.07, 6.45) is 0. The first-order valence-electron chi connectivity index (χ1n) is 5.12. The Balaban J connectivity index is 2.49. The Kier molecular flexibility index (Phi) is 5.59. The fraction of sp³-hybridized carbons (Fsp3) is 0.182. The Morgan fingerprint density at radius 2 is 1.74 bits per heavy atom. The van der Waals surface area contributed by atoms with Gasteiger partial charge in [-0.1, -0.05) is 23.2 Å². The van der Waals surface area contributed by atoms with Crippen LogP contribution in [0.5, 0.6) is 0 Å². The van der Waals surface area contributed by atoms with Gasteiger partial charge in [-0.25, -0.2) is 0 Å². The molecule has 0 fully saturated rings. The molecular weight excluding hydrogens is 295 g/mol. The molecule has 0 saturated heterocycles. The summed E-state index contributed by atoms with van der Waals surface area (Å²) in [7, 11) is 0. The van der Waals surface area contributed by atoms with E-state index in [4.69, 9.17) is 28.3 Å². The molecule has 19 heavy (non-hydrogen) atoms. The molecule has 0 aliphatic heterocycles. The predicted octanol–water partition coefficient (Wildman–Crippen LogP) is 0.924. The molecule has 102 valence electrons. The van der Waals surface area contributed by atoms with E-state index in [9.17, 15) is 14.4 Å². The number of carbonyl (C=O) groups excluding carboxylic acids is 2. The van der Waals surface area contributed by atoms with Crippen LogP contribution >= 0.6 is 23.2 Å². The number of nitrogens with one attached hydrogen (secondary N) is 2. The van der Waals surface area contributed by atoms with Gasteiger partial charge in [0, 0.05) is 5.56 Å². The molecule has 0 unspecified atom stereocenters. The number of aliphatic carboxylic acids is 1. The quantitative estimate of drug-likeness (QED) is 0.754. The maximum Gasteiger partial charge on any atom is 0.322 e. The number of hydrogen-bond donors (Lipinski definition) is 3. The fourth-order valence-electron chi connectivity index (χ4n) is 1.14. The van der Waals surface area contributed by atoms with E-state index in [-0.39, 0.29) is 17.1 Å². The van der Waals surface area contributed by atoms with Gasteiger partial charge in [0.15, 0.2) is 0 Å². The maximum atomic E-state index is 11.6. The fourth-order valence-corrected chi connectivity index (χ4v) is 1.43. The van der Waals surface area contributed by atoms with Crippen molar-refractivity contribution in [3.8, 4) is 0 Å². The third kappa shape index (κ3) is 5.15. The Morgan fingerprint density at radius 3 is 2.32 bits per heavy atom. The van der Waals surface area contributed by atoms with E-state index < -0.39 is 24.3 Å². The zero-order valence-corrected chi connectivity index (χ0v) is 11.1. The predicted molar refractivity (Wildman–Crippen MR) is 69.4 cm³/mol. The lowest BCUT2D eigenvalue weighted by Crippen LogP contribution is -2.39. The number of hydrogen-bond acceptors (Lipinski definition) is 3. The average Bonchev–Trinajstić information content (AvgIpc) is 2.36. The summed E-state index contributed by atoms with van der Waals surface area (Å²) < 4.78 is 0. The van der Waals surface area contributed by atoms with Crippen molar-refractivity contribution in [1.82, 2.24) is 10.6 Å². The molecule has 0 spiro atoms. The SMILES string of the molecule is O=C(O)CNC(=O)CNC(=O)c1ccc(Cl)c(Cl)c1. The van der Waals surface area contributed by atoms with Gasteiger partial charge < -0.3 is 15.7 Å². The van der Waals surface area contributed by atoms with E-state index in [1.54, 1.807) is 0 Å². The third-order valence-corrected chi connectivity index (χ3v) is 2.77. The minimum absolute atomic E-state index is 0.227. The molecule has 0 heterocycles. The van der Waals surface area contributed by atoms with Crippen molar-refractivity contribution in [2.45, 2.75) is 0 Å². The molecule has 0 aliphatic rings. The summed E-state index contributed by atoms with van der Waals surface area (Å²) in [5, 5.41) is 13.3. The number of benzene rings is 1. The number of carboxylic acids is 1. The molecule has 0 saturated carbocycles. The topological polar surface area (TPSA) is 95.5 Å². The van der Waals surface area contributed by atoms with Crippen molar-refractivity contribution < 1.29 is 19.5 Å². The van der Waals surface area contributed by atoms with Crippen LogP contribution in [0, 0.1) is 0 Å². The number of carbonyl (C=O) groups is 3. The van der Waals surface area contributed by atoms with E-state index in [1.807, 2.05) is 0 Å². The van der Waals surface area contributed by atoms with Gasteiger partial charge in [-0.05, 0) is 18.2 Å². The van der Waals surface area contributed by atoms with Crippen LogP contribution in [0.15, 0.2) is 18.2 Å². The summed E-state index contributed by atoms with van der Waals surface area (Å²) in [6.45, 7) is -0.826. The van der Waals surface area contributed by atoms with Gasteiger partial charge in [0.1, 0.15) is 6.54 Å². The molecule has 3 N–H and O–H groups in total. The minimum atomic E-state index is -1.16. The molecule has 1 aromatic carbocycles. The van der Waals surface area contributed by atoms with Crippen molar-refractivity contribution >= 4 is 41.0 Å². The van der Waals surface area contributed by atoms with Crippen LogP contribution in [0.3, 0.4) is 0 Å². The van der Waals surface area contributed by atoms with Crippen molar-refractivity contribution in [1.29, 1.82) is 0 Å². The van der Waals surface area contributed by atoms with Crippen LogP contribution in [0.1, 0.15) is 10.4 Å². The smallest absolute Gasteiger partial charge is 0.322 e. The maximum absolute atomic E-state index is 11.6. The van der Waals surface area contributed by atoms with Crippen LogP contribution in [-0.2, 0) is 9.59 Å². The van der Waals surface area contributed by atoms with Crippen LogP contribution in [0.2, 0.25) is 10.0 Å². The Bertz CT molecular complexity index is 519. The second-order valence-corrected chi connectivity index (χ2v) is 4.30. The zero-order chi connectivity index (χ0) is 14.4. The molecule has 6 nitrogen and oxygen atoms in total. The highest BCUT2D eigenvalue weighted by Gasteiger charge is 2.10. The first kappa shape index (κ1) is 15.3. The lowest BCUT2D eigenvalue weighted by molar-refractivity contribution is -0.137. The molecule has 0 bridgehead atoms. The van der Waals surface area contributed by atoms with E-state index in [2.05, 4.69) is 10.6 Å². The van der Waals surface area contributed by atoms with Gasteiger partial charge in [-0.15, -0.1) is 0 Å². The van der Waals surface area contributed by atoms with Crippen molar-refractivity contribution in [2.24, 2.45) is 0 Å². The average molecular weight is 305 g/mol. The summed E-state index contributed by atoms with van der Waals surface area (Å²) >= 11 is 11.4. The molecule has 2 amide bonds. The van der Waals surface area contributed by atoms with Crippen LogP contribution in [-0.4, -0.2) is 36.0 Å². The summed E-state index contributed by atoms with van der Waals surface area (Å²) in [5.41, 5.74) is 0.250. The van der Waals surface area contributed by atoms with Gasteiger partial charge in [-0.2, -0.15) is 0 Å². The molecule has 1 rings (SSSR count). The first-order chi connectivity index (χ1) is 8.90. The van der Waals surface area contributed by atoms with E-state index >= 15 is 0 Å². The molecule has 0 atom stereocenters. The van der Waals surface area contributed by atoms with Gasteiger partial charge in [-0.3, -0.25) is 14.4 Å². The standard InChI is InChI=1S/C11H10Cl2N2O4/c12-7-2-1-6(3-8(7)13)11(19)15-4-9(16)14-5-10(17)18/h1-3H,4-5H2,(H,14,16)(H,15,19)(H,17,18). The Hall–Kier alpha value is -1.79. The Labute approximate surface area is 118 Å². The Morgan fingerprint density at radius 1 is 1.05 bits per heavy atom. The van der Waals surface area contributed by atoms with Gasteiger partial charge in [0.05, 0.1) is 16.6 Å². The van der Waals surface area contributed by atoms with E-state index in [0.717, 1.165) is 0 Å². The van der Waals surface area contributed by atoms with E-state index in [1.165, 1.54) is 18.2 Å². The van der Waals surface area contributed by atoms with Crippen molar-refractivity contribution in [3.63, 3.8) is 0 Å². The number of rotatable bonds is 5. The minimum Gasteiger partial charge on any atom is -0.480 e. The lowest BCUT2D eigenvalue weighted by atomic mass is 10.2. The molecule has 0 aliphatic carbocycles. The molecule has 0 aromatic heterocycles. The number of halogens is 2. The number of amides is 2. The van der Waals surface area contributed by atoms with Crippen LogP contribution < -0.4 is 10.6 Å². The first-order valence-corrected chi connectivity index (χ1v) is 5.87. The van der Waals surface area contributed by atoms with Crippen molar-refractivity contribution in [3.05, 3.63) is 33.8 Å². The zero-order valence-electron chi connectivity index (χ0n) is 9.57. The van der Waals surface area contributed by atoms with Gasteiger partial charge in [0.2, 0.25) is 5.91 Å². The summed E-state index contributed by atoms with van der Waals surface area (Å²) in [5.74, 6) is -2.27. The summed E-state index contributed by atoms with van der Waals surface area (Å²) in [6, 6.07) is 4.29. The third-order valence-electron chi connectivity index (χ3n) is 2.03. The molecule has 8 heteroatoms. The monoisotopic (exact) mass is 304 g/mol. The highest BCUT2D eigenvalue weighted by Crippen LogP contribution is 2.22. The lowest BCUT2D eigenvalue weighted by Gasteiger charge is -2.06. The van der Waals surface area contributed by atoms with E-state index in [0.29, 0.717) is 5.02 Å². The molecule has 1 aromatic rings. The second kappa shape index (κ2) is 6.96. The largest absolute Gasteiger partial charge is 0.480 e. The second-order valence-electron chi connectivity index (χ2n) is 3.48. The van der Waals surface area contributed by atoms with Gasteiger partial charge >= 0.3 is 5.97 Å². The summed E-state index contributed by atoms with van der Waals surface area (Å²) in [4.78, 5) is 33.0. The normalized spacial score (nSPS) is 9.79. The highest BCUT2D eigenvalue weighted by atomic mass is 35.5. The van der Waals surface area contributed by atoms with Gasteiger partial charge in [0.25, 0.3) is 5.91 Å². The van der Waals surface area contributed by atoms with Crippen LogP contribution in [0.4, 0.5) is 0 Å². The number of carboxylic acid groups (broad SMARTS) is 1. The van der Waals surface area contributed by atoms with Crippen LogP contribution in [0.25, 0.3) is 0 Å².